The van der Waals surface area contributed by atoms with Gasteiger partial charge in [0.1, 0.15) is 12.5 Å². The maximum atomic E-state index is 12.5. The van der Waals surface area contributed by atoms with Gasteiger partial charge in [-0.25, -0.2) is 4.79 Å². The second-order valence-corrected chi connectivity index (χ2v) is 6.76. The smallest absolute Gasteiger partial charge is 0.319 e. The van der Waals surface area contributed by atoms with Crippen molar-refractivity contribution in [2.75, 3.05) is 11.9 Å². The lowest BCUT2D eigenvalue weighted by molar-refractivity contribution is -0.133. The van der Waals surface area contributed by atoms with Crippen LogP contribution in [0.25, 0.3) is 0 Å². The number of anilines is 1. The molecule has 27 heavy (non-hydrogen) atoms. The Balaban J connectivity index is 1.97. The van der Waals surface area contributed by atoms with Crippen molar-refractivity contribution in [1.82, 2.24) is 5.32 Å². The number of carbonyl (C=O) groups excluding carboxylic acids is 3. The zero-order valence-corrected chi connectivity index (χ0v) is 16.2. The minimum absolute atomic E-state index is 0.0826. The van der Waals surface area contributed by atoms with Crippen LogP contribution < -0.4 is 10.6 Å². The number of ketones is 2. The van der Waals surface area contributed by atoms with Gasteiger partial charge in [-0.15, -0.1) is 0 Å². The predicted octanol–water partition coefficient (Wildman–Crippen LogP) is 3.57. The Morgan fingerprint density at radius 3 is 2.37 bits per heavy atom. The maximum absolute atomic E-state index is 12.5. The first-order valence-electron chi connectivity index (χ1n) is 9.01. The number of urea groups is 1. The second kappa shape index (κ2) is 10.1. The fourth-order valence-corrected chi connectivity index (χ4v) is 3.10. The van der Waals surface area contributed by atoms with E-state index >= 15 is 0 Å². The van der Waals surface area contributed by atoms with Crippen molar-refractivity contribution in [3.8, 4) is 0 Å². The summed E-state index contributed by atoms with van der Waals surface area (Å²) >= 11 is 5.81. The van der Waals surface area contributed by atoms with Crippen molar-refractivity contribution in [2.45, 2.75) is 45.6 Å². The molecule has 0 aliphatic heterocycles. The number of rotatable bonds is 7. The van der Waals surface area contributed by atoms with E-state index in [0.29, 0.717) is 29.4 Å². The van der Waals surface area contributed by atoms with Gasteiger partial charge in [0.15, 0.2) is 11.6 Å². The molecule has 0 unspecified atom stereocenters. The number of nitrogens with one attached hydrogen (secondary N) is 2. The van der Waals surface area contributed by atoms with Crippen LogP contribution >= 0.6 is 11.6 Å². The minimum atomic E-state index is -0.867. The van der Waals surface area contributed by atoms with Crippen LogP contribution in [-0.4, -0.2) is 36.0 Å². The van der Waals surface area contributed by atoms with Crippen molar-refractivity contribution < 1.29 is 19.2 Å². The number of oxime groups is 1. The summed E-state index contributed by atoms with van der Waals surface area (Å²) in [4.78, 5) is 42.2. The summed E-state index contributed by atoms with van der Waals surface area (Å²) in [7, 11) is 0. The van der Waals surface area contributed by atoms with E-state index in [2.05, 4.69) is 15.8 Å². The Labute approximate surface area is 163 Å². The number of amides is 2. The van der Waals surface area contributed by atoms with Crippen molar-refractivity contribution in [2.24, 2.45) is 11.1 Å². The molecule has 2 rings (SSSR count). The summed E-state index contributed by atoms with van der Waals surface area (Å²) in [5, 5.41) is 9.87. The fraction of sp³-hybridized carbons (Fsp3) is 0.474. The molecule has 1 aliphatic rings. The van der Waals surface area contributed by atoms with Gasteiger partial charge in [0.2, 0.25) is 0 Å². The number of halogens is 1. The second-order valence-electron chi connectivity index (χ2n) is 6.33. The van der Waals surface area contributed by atoms with Crippen LogP contribution in [0, 0.1) is 5.92 Å². The molecular weight excluding hydrogens is 370 g/mol. The molecule has 146 valence electrons. The van der Waals surface area contributed by atoms with Crippen molar-refractivity contribution in [1.29, 1.82) is 0 Å². The molecule has 8 heteroatoms. The predicted molar refractivity (Wildman–Crippen MR) is 104 cm³/mol. The Morgan fingerprint density at radius 2 is 1.81 bits per heavy atom. The number of hydrogen-bond donors (Lipinski definition) is 2. The lowest BCUT2D eigenvalue weighted by Gasteiger charge is -2.27. The first-order valence-corrected chi connectivity index (χ1v) is 9.39. The van der Waals surface area contributed by atoms with E-state index in [0.717, 1.165) is 6.42 Å². The van der Waals surface area contributed by atoms with Crippen molar-refractivity contribution in [3.05, 3.63) is 29.3 Å². The summed E-state index contributed by atoms with van der Waals surface area (Å²) in [5.41, 5.74) is 1.04. The number of hydrogen-bond acceptors (Lipinski definition) is 5. The van der Waals surface area contributed by atoms with E-state index in [4.69, 9.17) is 16.4 Å². The molecule has 0 bridgehead atoms. The minimum Gasteiger partial charge on any atom is -0.396 e. The standard InChI is InChI=1S/C19H24ClN3O4/c1-3-5-15(23-27-4-2)18-16(24)10-14(11-17(18)25)22-19(26)21-13-8-6-12(20)7-9-13/h6-9,14,18H,3-5,10-11H2,1-2H3,(H2,21,22,26). The third-order valence-corrected chi connectivity index (χ3v) is 4.38. The molecule has 1 aliphatic carbocycles. The van der Waals surface area contributed by atoms with Gasteiger partial charge < -0.3 is 15.5 Å². The summed E-state index contributed by atoms with van der Waals surface area (Å²) in [6.07, 6.45) is 1.45. The van der Waals surface area contributed by atoms with Crippen LogP contribution in [0.4, 0.5) is 10.5 Å². The molecule has 7 nitrogen and oxygen atoms in total. The summed E-state index contributed by atoms with van der Waals surface area (Å²) in [6.45, 7) is 4.11. The van der Waals surface area contributed by atoms with Crippen LogP contribution in [0.5, 0.6) is 0 Å². The molecule has 0 heterocycles. The molecule has 1 saturated carbocycles. The third-order valence-electron chi connectivity index (χ3n) is 4.13. The van der Waals surface area contributed by atoms with Crippen LogP contribution in [0.15, 0.2) is 29.4 Å². The molecule has 0 atom stereocenters. The van der Waals surface area contributed by atoms with Gasteiger partial charge in [0.25, 0.3) is 0 Å². The van der Waals surface area contributed by atoms with Crippen molar-refractivity contribution >= 4 is 40.6 Å². The molecule has 2 N–H and O–H groups in total. The Kier molecular flexibility index (Phi) is 7.79. The average molecular weight is 394 g/mol. The number of carbonyl (C=O) groups is 3. The van der Waals surface area contributed by atoms with E-state index in [-0.39, 0.29) is 24.4 Å². The molecule has 0 saturated heterocycles. The molecule has 1 aromatic carbocycles. The van der Waals surface area contributed by atoms with Crippen LogP contribution in [0.3, 0.4) is 0 Å². The topological polar surface area (TPSA) is 96.9 Å². The number of Topliss-reactive ketones (excluding diaryl/α,β-unsaturated/α-hetero) is 2. The summed E-state index contributed by atoms with van der Waals surface area (Å²) in [5.74, 6) is -1.35. The van der Waals surface area contributed by atoms with Gasteiger partial charge in [0.05, 0.1) is 5.71 Å². The van der Waals surface area contributed by atoms with Gasteiger partial charge in [0, 0.05) is 29.6 Å². The molecular formula is C19H24ClN3O4. The van der Waals surface area contributed by atoms with Crippen LogP contribution in [-0.2, 0) is 14.4 Å². The Hall–Kier alpha value is -2.41. The summed E-state index contributed by atoms with van der Waals surface area (Å²) in [6, 6.07) is 5.62. The van der Waals surface area contributed by atoms with E-state index in [9.17, 15) is 14.4 Å². The first kappa shape index (κ1) is 20.9. The molecule has 1 aromatic rings. The third kappa shape index (κ3) is 6.06. The Morgan fingerprint density at radius 1 is 1.19 bits per heavy atom. The summed E-state index contributed by atoms with van der Waals surface area (Å²) < 4.78 is 0. The average Bonchev–Trinajstić information content (AvgIpc) is 2.61. The molecule has 0 radical (unpaired) electrons. The zero-order chi connectivity index (χ0) is 19.8. The SMILES string of the molecule is CCCC(=NOCC)C1C(=O)CC(NC(=O)Nc2ccc(Cl)cc2)CC1=O. The van der Waals surface area contributed by atoms with Crippen molar-refractivity contribution in [3.63, 3.8) is 0 Å². The molecule has 1 fully saturated rings. The van der Waals surface area contributed by atoms with E-state index in [1.165, 1.54) is 0 Å². The van der Waals surface area contributed by atoms with Gasteiger partial charge in [-0.3, -0.25) is 9.59 Å². The Bertz CT molecular complexity index is 700. The first-order chi connectivity index (χ1) is 12.9. The lowest BCUT2D eigenvalue weighted by atomic mass is 9.80. The highest BCUT2D eigenvalue weighted by atomic mass is 35.5. The van der Waals surface area contributed by atoms with Gasteiger partial charge in [-0.2, -0.15) is 0 Å². The largest absolute Gasteiger partial charge is 0.396 e. The fourth-order valence-electron chi connectivity index (χ4n) is 2.98. The highest BCUT2D eigenvalue weighted by molar-refractivity contribution is 6.30. The van der Waals surface area contributed by atoms with Gasteiger partial charge >= 0.3 is 6.03 Å². The molecule has 0 aromatic heterocycles. The maximum Gasteiger partial charge on any atom is 0.319 e. The van der Waals surface area contributed by atoms with Gasteiger partial charge in [-0.05, 0) is 37.6 Å². The monoisotopic (exact) mass is 393 g/mol. The lowest BCUT2D eigenvalue weighted by Crippen LogP contribution is -2.48. The highest BCUT2D eigenvalue weighted by Gasteiger charge is 2.39. The van der Waals surface area contributed by atoms with Crippen LogP contribution in [0.2, 0.25) is 5.02 Å². The normalized spacial score (nSPS) is 20.3. The zero-order valence-electron chi connectivity index (χ0n) is 15.5. The van der Waals surface area contributed by atoms with Gasteiger partial charge in [-0.1, -0.05) is 30.1 Å². The quantitative estimate of drug-likeness (QED) is 0.420. The molecule has 2 amide bonds. The van der Waals surface area contributed by atoms with Crippen LogP contribution in [0.1, 0.15) is 39.5 Å². The number of benzene rings is 1. The highest BCUT2D eigenvalue weighted by Crippen LogP contribution is 2.22. The van der Waals surface area contributed by atoms with E-state index in [1.54, 1.807) is 31.2 Å². The molecule has 0 spiro atoms. The number of nitrogens with zero attached hydrogens (tertiary/aromatic N) is 1. The van der Waals surface area contributed by atoms with E-state index in [1.807, 2.05) is 6.92 Å². The van der Waals surface area contributed by atoms with E-state index < -0.39 is 18.0 Å².